The normalized spacial score (nSPS) is 23.2. The third-order valence-corrected chi connectivity index (χ3v) is 4.47. The molecule has 0 aliphatic carbocycles. The molecule has 4 heteroatoms. The van der Waals surface area contributed by atoms with Crippen molar-refractivity contribution in [2.75, 3.05) is 33.7 Å². The molecule has 1 aliphatic rings. The lowest BCUT2D eigenvalue weighted by molar-refractivity contribution is 0.131. The summed E-state index contributed by atoms with van der Waals surface area (Å²) in [5.74, 6) is 0. The maximum Gasteiger partial charge on any atom is 0.104 e. The first-order valence-corrected chi connectivity index (χ1v) is 8.44. The van der Waals surface area contributed by atoms with Crippen molar-refractivity contribution in [3.8, 4) is 6.07 Å². The van der Waals surface area contributed by atoms with E-state index in [2.05, 4.69) is 49.1 Å². The van der Waals surface area contributed by atoms with Crippen LogP contribution >= 0.6 is 0 Å². The minimum absolute atomic E-state index is 0.359. The molecule has 1 fully saturated rings. The Bertz CT molecular complexity index is 334. The highest BCUT2D eigenvalue weighted by molar-refractivity contribution is 5.04. The fourth-order valence-electron chi connectivity index (χ4n) is 3.27. The van der Waals surface area contributed by atoms with E-state index in [1.54, 1.807) is 0 Å². The highest BCUT2D eigenvalue weighted by Gasteiger charge is 2.24. The number of likely N-dealkylation sites (tertiary alicyclic amines) is 1. The molecule has 1 aliphatic heterocycles. The molecule has 0 saturated carbocycles. The van der Waals surface area contributed by atoms with Crippen LogP contribution in [0.4, 0.5) is 0 Å². The van der Waals surface area contributed by atoms with Crippen LogP contribution in [-0.4, -0.2) is 61.2 Å². The largest absolute Gasteiger partial charge is 0.305 e. The van der Waals surface area contributed by atoms with Crippen molar-refractivity contribution in [1.29, 1.82) is 5.26 Å². The molecule has 2 unspecified atom stereocenters. The Labute approximate surface area is 131 Å². The molecule has 1 heterocycles. The third kappa shape index (κ3) is 6.78. The Morgan fingerprint density at radius 2 is 2.10 bits per heavy atom. The maximum atomic E-state index is 9.35. The molecule has 0 aromatic heterocycles. The first-order valence-electron chi connectivity index (χ1n) is 8.44. The number of nitrogens with one attached hydrogen (secondary N) is 1. The van der Waals surface area contributed by atoms with Gasteiger partial charge in [0, 0.05) is 18.6 Å². The summed E-state index contributed by atoms with van der Waals surface area (Å²) in [5.41, 5.74) is -0.373. The van der Waals surface area contributed by atoms with Crippen LogP contribution in [0.2, 0.25) is 0 Å². The molecule has 0 aromatic rings. The third-order valence-electron chi connectivity index (χ3n) is 4.47. The molecular weight excluding hydrogens is 260 g/mol. The van der Waals surface area contributed by atoms with Gasteiger partial charge >= 0.3 is 0 Å². The molecule has 1 N–H and O–H groups in total. The summed E-state index contributed by atoms with van der Waals surface area (Å²) in [5, 5.41) is 12.7. The van der Waals surface area contributed by atoms with Crippen LogP contribution in [0.5, 0.6) is 0 Å². The molecule has 0 bridgehead atoms. The lowest BCUT2D eigenvalue weighted by Gasteiger charge is -2.36. The summed E-state index contributed by atoms with van der Waals surface area (Å²) < 4.78 is 0. The van der Waals surface area contributed by atoms with Gasteiger partial charge in [0.25, 0.3) is 0 Å². The van der Waals surface area contributed by atoms with E-state index in [-0.39, 0.29) is 5.54 Å². The van der Waals surface area contributed by atoms with Crippen LogP contribution in [0.25, 0.3) is 0 Å². The second-order valence-electron chi connectivity index (χ2n) is 7.26. The molecular formula is C17H34N4. The summed E-state index contributed by atoms with van der Waals surface area (Å²) in [4.78, 5) is 4.94. The summed E-state index contributed by atoms with van der Waals surface area (Å²) in [6.07, 6.45) is 5.89. The average molecular weight is 294 g/mol. The zero-order valence-corrected chi connectivity index (χ0v) is 14.7. The van der Waals surface area contributed by atoms with Gasteiger partial charge in [0.1, 0.15) is 5.54 Å². The summed E-state index contributed by atoms with van der Waals surface area (Å²) in [6.45, 7) is 9.84. The highest BCUT2D eigenvalue weighted by atomic mass is 15.2. The second-order valence-corrected chi connectivity index (χ2v) is 7.26. The predicted octanol–water partition coefficient (Wildman–Crippen LogP) is 2.46. The number of unbranched alkanes of at least 4 members (excludes halogenated alkanes) is 1. The van der Waals surface area contributed by atoms with Crippen LogP contribution in [0, 0.1) is 11.3 Å². The molecule has 4 nitrogen and oxygen atoms in total. The zero-order valence-electron chi connectivity index (χ0n) is 14.7. The van der Waals surface area contributed by atoms with Crippen molar-refractivity contribution in [1.82, 2.24) is 15.1 Å². The van der Waals surface area contributed by atoms with E-state index in [9.17, 15) is 5.26 Å². The zero-order chi connectivity index (χ0) is 15.9. The summed E-state index contributed by atoms with van der Waals surface area (Å²) >= 11 is 0. The number of hydrogen-bond donors (Lipinski definition) is 1. The molecule has 2 atom stereocenters. The number of nitriles is 1. The lowest BCUT2D eigenvalue weighted by atomic mass is 9.95. The molecule has 1 rings (SSSR count). The second kappa shape index (κ2) is 8.73. The lowest BCUT2D eigenvalue weighted by Crippen LogP contribution is -2.46. The van der Waals surface area contributed by atoms with Crippen molar-refractivity contribution in [3.05, 3.63) is 0 Å². The van der Waals surface area contributed by atoms with Gasteiger partial charge in [0.05, 0.1) is 6.07 Å². The molecule has 21 heavy (non-hydrogen) atoms. The summed E-state index contributed by atoms with van der Waals surface area (Å²) in [6, 6.07) is 3.51. The van der Waals surface area contributed by atoms with E-state index < -0.39 is 0 Å². The van der Waals surface area contributed by atoms with Gasteiger partial charge in [-0.25, -0.2) is 0 Å². The van der Waals surface area contributed by atoms with E-state index in [0.717, 1.165) is 12.8 Å². The van der Waals surface area contributed by atoms with Gasteiger partial charge in [0.2, 0.25) is 0 Å². The number of nitrogens with zero attached hydrogens (tertiary/aromatic N) is 3. The van der Waals surface area contributed by atoms with Crippen molar-refractivity contribution < 1.29 is 0 Å². The van der Waals surface area contributed by atoms with E-state index in [1.807, 2.05) is 6.92 Å². The number of rotatable bonds is 8. The molecule has 122 valence electrons. The van der Waals surface area contributed by atoms with Gasteiger partial charge < -0.3 is 9.80 Å². The van der Waals surface area contributed by atoms with Gasteiger partial charge in [-0.3, -0.25) is 5.32 Å². The SMILES string of the molecule is CC(C)NC(C)(C#N)CCCCN1CCCC(N(C)C)C1. The van der Waals surface area contributed by atoms with Gasteiger partial charge in [-0.05, 0) is 80.1 Å². The Balaban J connectivity index is 2.26. The summed E-state index contributed by atoms with van der Waals surface area (Å²) in [7, 11) is 4.37. The maximum absolute atomic E-state index is 9.35. The number of hydrogen-bond acceptors (Lipinski definition) is 4. The Hall–Kier alpha value is -0.630. The number of piperidine rings is 1. The van der Waals surface area contributed by atoms with Gasteiger partial charge in [-0.15, -0.1) is 0 Å². The van der Waals surface area contributed by atoms with E-state index >= 15 is 0 Å². The molecule has 1 saturated heterocycles. The molecule has 0 radical (unpaired) electrons. The van der Waals surface area contributed by atoms with E-state index in [1.165, 1.54) is 38.9 Å². The van der Waals surface area contributed by atoms with Crippen molar-refractivity contribution in [2.24, 2.45) is 0 Å². The first-order chi connectivity index (χ1) is 9.86. The predicted molar refractivity (Wildman–Crippen MR) is 89.3 cm³/mol. The minimum Gasteiger partial charge on any atom is -0.305 e. The Morgan fingerprint density at radius 3 is 2.67 bits per heavy atom. The molecule has 0 spiro atoms. The van der Waals surface area contributed by atoms with E-state index in [4.69, 9.17) is 0 Å². The first kappa shape index (κ1) is 18.4. The van der Waals surface area contributed by atoms with Crippen molar-refractivity contribution in [2.45, 2.75) is 70.5 Å². The number of likely N-dealkylation sites (N-methyl/N-ethyl adjacent to an activating group) is 1. The fraction of sp³-hybridized carbons (Fsp3) is 0.941. The van der Waals surface area contributed by atoms with Gasteiger partial charge in [0.15, 0.2) is 0 Å². The standard InChI is InChI=1S/C17H34N4/c1-15(2)19-17(3,14-18)10-6-7-11-21-12-8-9-16(13-21)20(4)5/h15-16,19H,6-13H2,1-5H3. The van der Waals surface area contributed by atoms with Crippen LogP contribution in [0.15, 0.2) is 0 Å². The molecule has 0 aromatic carbocycles. The molecule has 0 amide bonds. The van der Waals surface area contributed by atoms with Crippen LogP contribution in [-0.2, 0) is 0 Å². The van der Waals surface area contributed by atoms with Crippen molar-refractivity contribution in [3.63, 3.8) is 0 Å². The monoisotopic (exact) mass is 294 g/mol. The van der Waals surface area contributed by atoms with Crippen LogP contribution in [0.3, 0.4) is 0 Å². The fourth-order valence-corrected chi connectivity index (χ4v) is 3.27. The van der Waals surface area contributed by atoms with Gasteiger partial charge in [-0.1, -0.05) is 0 Å². The Morgan fingerprint density at radius 1 is 1.38 bits per heavy atom. The van der Waals surface area contributed by atoms with Crippen LogP contribution < -0.4 is 5.32 Å². The van der Waals surface area contributed by atoms with Crippen molar-refractivity contribution >= 4 is 0 Å². The van der Waals surface area contributed by atoms with E-state index in [0.29, 0.717) is 12.1 Å². The van der Waals surface area contributed by atoms with Gasteiger partial charge in [-0.2, -0.15) is 5.26 Å². The Kier molecular flexibility index (Phi) is 7.65. The average Bonchev–Trinajstić information content (AvgIpc) is 2.43. The quantitative estimate of drug-likeness (QED) is 0.698. The highest BCUT2D eigenvalue weighted by Crippen LogP contribution is 2.17. The topological polar surface area (TPSA) is 42.3 Å². The van der Waals surface area contributed by atoms with Crippen LogP contribution in [0.1, 0.15) is 52.9 Å². The minimum atomic E-state index is -0.373. The smallest absolute Gasteiger partial charge is 0.104 e.